The molecule has 0 spiro atoms. The first kappa shape index (κ1) is 41.0. The van der Waals surface area contributed by atoms with E-state index in [-0.39, 0.29) is 30.0 Å². The molecule has 0 radical (unpaired) electrons. The highest BCUT2D eigenvalue weighted by molar-refractivity contribution is 6.33. The van der Waals surface area contributed by atoms with Gasteiger partial charge >= 0.3 is 5.69 Å². The number of hydrogen-bond acceptors (Lipinski definition) is 9. The second kappa shape index (κ2) is 17.9. The average Bonchev–Trinajstić information content (AvgIpc) is 3.53. The van der Waals surface area contributed by atoms with E-state index < -0.39 is 11.9 Å². The van der Waals surface area contributed by atoms with Crippen LogP contribution < -0.4 is 16.3 Å². The number of carbonyl (C=O) groups is 3. The zero-order valence-electron chi connectivity index (χ0n) is 34.8. The van der Waals surface area contributed by atoms with Gasteiger partial charge < -0.3 is 15.1 Å². The molecule has 0 bridgehead atoms. The van der Waals surface area contributed by atoms with Gasteiger partial charge in [-0.1, -0.05) is 66.2 Å². The molecule has 9 rings (SSSR count). The SMILES string of the molecule is Cn1c(=O)n(C2CCC(=O)NC2=O)c2ccc(C3CCN(CC4CCN(CC(=O)N5CCC(Nc6ncc(Cl)c(-c7cccc(-c8ccccc8)c7)n6)CC5)CC4)CC3)cc21. The van der Waals surface area contributed by atoms with Crippen molar-refractivity contribution in [2.24, 2.45) is 13.0 Å². The van der Waals surface area contributed by atoms with Gasteiger partial charge in [0.15, 0.2) is 0 Å². The fourth-order valence-corrected chi connectivity index (χ4v) is 10.1. The normalized spacial score (nSPS) is 20.3. The number of halogens is 1. The van der Waals surface area contributed by atoms with Crippen LogP contribution in [0.3, 0.4) is 0 Å². The Labute approximate surface area is 361 Å². The van der Waals surface area contributed by atoms with Crippen molar-refractivity contribution in [3.63, 3.8) is 0 Å². The Bertz CT molecular complexity index is 2460. The number of carbonyl (C=O) groups excluding carboxylic acids is 3. The molecule has 6 heterocycles. The van der Waals surface area contributed by atoms with Gasteiger partial charge in [0, 0.05) is 44.7 Å². The van der Waals surface area contributed by atoms with Crippen LogP contribution in [0.4, 0.5) is 5.95 Å². The quantitative estimate of drug-likeness (QED) is 0.160. The number of imide groups is 1. The summed E-state index contributed by atoms with van der Waals surface area (Å²) in [5.41, 5.74) is 6.42. The summed E-state index contributed by atoms with van der Waals surface area (Å²) in [4.78, 5) is 67.3. The number of aryl methyl sites for hydroxylation is 1. The smallest absolute Gasteiger partial charge is 0.329 e. The van der Waals surface area contributed by atoms with Crippen molar-refractivity contribution in [3.05, 3.63) is 100 Å². The number of nitrogens with one attached hydrogen (secondary N) is 2. The monoisotopic (exact) mass is 843 g/mol. The second-order valence-electron chi connectivity index (χ2n) is 17.4. The van der Waals surface area contributed by atoms with Crippen LogP contribution in [-0.2, 0) is 21.4 Å². The molecule has 1 unspecified atom stereocenters. The molecule has 3 aromatic carbocycles. The first-order valence-electron chi connectivity index (χ1n) is 21.9. The molecule has 2 N–H and O–H groups in total. The third-order valence-electron chi connectivity index (χ3n) is 13.4. The molecule has 1 atom stereocenters. The fourth-order valence-electron chi connectivity index (χ4n) is 9.87. The van der Waals surface area contributed by atoms with Crippen molar-refractivity contribution in [1.82, 2.24) is 39.1 Å². The van der Waals surface area contributed by atoms with E-state index >= 15 is 0 Å². The molecule has 318 valence electrons. The average molecular weight is 844 g/mol. The second-order valence-corrected chi connectivity index (χ2v) is 17.8. The van der Waals surface area contributed by atoms with Gasteiger partial charge in [-0.05, 0) is 118 Å². The number of aromatic nitrogens is 4. The topological polar surface area (TPSA) is 138 Å². The maximum atomic E-state index is 13.4. The van der Waals surface area contributed by atoms with E-state index in [2.05, 4.69) is 61.8 Å². The minimum Gasteiger partial charge on any atom is -0.351 e. The van der Waals surface area contributed by atoms with E-state index in [0.29, 0.717) is 54.6 Å². The highest BCUT2D eigenvalue weighted by atomic mass is 35.5. The van der Waals surface area contributed by atoms with Crippen molar-refractivity contribution < 1.29 is 14.4 Å². The predicted octanol–water partition coefficient (Wildman–Crippen LogP) is 6.09. The molecule has 5 aromatic rings. The van der Waals surface area contributed by atoms with E-state index in [1.54, 1.807) is 22.4 Å². The van der Waals surface area contributed by atoms with Gasteiger partial charge in [-0.25, -0.2) is 14.8 Å². The molecule has 4 saturated heterocycles. The van der Waals surface area contributed by atoms with Gasteiger partial charge in [-0.2, -0.15) is 0 Å². The summed E-state index contributed by atoms with van der Waals surface area (Å²) in [6.45, 7) is 6.98. The number of likely N-dealkylation sites (tertiary alicyclic amines) is 3. The highest BCUT2D eigenvalue weighted by Gasteiger charge is 2.33. The summed E-state index contributed by atoms with van der Waals surface area (Å²) in [6, 6.07) is 24.2. The van der Waals surface area contributed by atoms with Crippen LogP contribution in [0, 0.1) is 5.92 Å². The molecule has 14 heteroatoms. The van der Waals surface area contributed by atoms with Crippen LogP contribution in [0.1, 0.15) is 68.9 Å². The largest absolute Gasteiger partial charge is 0.351 e. The molecular formula is C47H54ClN9O4. The van der Waals surface area contributed by atoms with Gasteiger partial charge in [0.1, 0.15) is 6.04 Å². The first-order chi connectivity index (χ1) is 29.7. The number of amides is 3. The lowest BCUT2D eigenvalue weighted by molar-refractivity contribution is -0.136. The highest BCUT2D eigenvalue weighted by Crippen LogP contribution is 2.33. The van der Waals surface area contributed by atoms with Crippen molar-refractivity contribution in [3.8, 4) is 22.4 Å². The summed E-state index contributed by atoms with van der Waals surface area (Å²) in [7, 11) is 1.75. The van der Waals surface area contributed by atoms with Crippen molar-refractivity contribution >= 4 is 46.3 Å². The number of fused-ring (bicyclic) bond motifs is 1. The van der Waals surface area contributed by atoms with Gasteiger partial charge in [-0.15, -0.1) is 0 Å². The molecule has 4 aliphatic heterocycles. The number of nitrogens with zero attached hydrogens (tertiary/aromatic N) is 7. The minimum absolute atomic E-state index is 0.174. The molecule has 61 heavy (non-hydrogen) atoms. The van der Waals surface area contributed by atoms with Crippen LogP contribution in [0.25, 0.3) is 33.4 Å². The molecule has 0 aliphatic carbocycles. The van der Waals surface area contributed by atoms with Gasteiger partial charge in [-0.3, -0.25) is 33.7 Å². The van der Waals surface area contributed by atoms with Gasteiger partial charge in [0.05, 0.1) is 34.5 Å². The fraction of sp³-hybridized carbons (Fsp3) is 0.447. The van der Waals surface area contributed by atoms with Crippen molar-refractivity contribution in [2.75, 3.05) is 57.7 Å². The Kier molecular flexibility index (Phi) is 12.0. The van der Waals surface area contributed by atoms with E-state index in [9.17, 15) is 19.2 Å². The van der Waals surface area contributed by atoms with Crippen LogP contribution in [0.2, 0.25) is 5.02 Å². The lowest BCUT2D eigenvalue weighted by atomic mass is 9.88. The third-order valence-corrected chi connectivity index (χ3v) is 13.7. The molecule has 4 fully saturated rings. The Morgan fingerprint density at radius 3 is 2.26 bits per heavy atom. The van der Waals surface area contributed by atoms with E-state index in [1.807, 2.05) is 41.3 Å². The van der Waals surface area contributed by atoms with Crippen LogP contribution >= 0.6 is 11.6 Å². The number of benzene rings is 3. The molecule has 0 saturated carbocycles. The standard InChI is InChI=1S/C47H54ClN9O4/c1-53-41-27-35(10-11-39(41)57(47(53)61)40-12-13-42(58)51-45(40)60)33-16-22-54(23-17-33)29-31-14-20-55(21-15-31)30-43(59)56-24-18-37(19-25-56)50-46-49-28-38(48)44(52-46)36-9-5-8-34(26-36)32-6-3-2-4-7-32/h2-11,26-28,31,33,37,40H,12-25,29-30H2,1H3,(H,49,50,52)(H,51,58,60). The molecule has 2 aromatic heterocycles. The summed E-state index contributed by atoms with van der Waals surface area (Å²) in [5, 5.41) is 6.41. The Morgan fingerprint density at radius 1 is 0.787 bits per heavy atom. The summed E-state index contributed by atoms with van der Waals surface area (Å²) in [5.74, 6) is 1.11. The molecule has 3 amide bonds. The predicted molar refractivity (Wildman–Crippen MR) is 237 cm³/mol. The van der Waals surface area contributed by atoms with Crippen molar-refractivity contribution in [1.29, 1.82) is 0 Å². The lowest BCUT2D eigenvalue weighted by Gasteiger charge is -2.38. The number of piperidine rings is 4. The van der Waals surface area contributed by atoms with Crippen LogP contribution in [0.15, 0.2) is 83.8 Å². The van der Waals surface area contributed by atoms with E-state index in [0.717, 1.165) is 99.0 Å². The molecule has 13 nitrogen and oxygen atoms in total. The number of anilines is 1. The van der Waals surface area contributed by atoms with Gasteiger partial charge in [0.2, 0.25) is 23.7 Å². The number of rotatable bonds is 10. The first-order valence-corrected chi connectivity index (χ1v) is 22.3. The molecule has 4 aliphatic rings. The lowest BCUT2D eigenvalue weighted by Crippen LogP contribution is -2.48. The summed E-state index contributed by atoms with van der Waals surface area (Å²) < 4.78 is 3.17. The zero-order chi connectivity index (χ0) is 42.0. The van der Waals surface area contributed by atoms with Gasteiger partial charge in [0.25, 0.3) is 0 Å². The third kappa shape index (κ3) is 9.01. The Morgan fingerprint density at radius 2 is 1.51 bits per heavy atom. The zero-order valence-corrected chi connectivity index (χ0v) is 35.5. The minimum atomic E-state index is -0.675. The Balaban J connectivity index is 0.706. The maximum Gasteiger partial charge on any atom is 0.329 e. The Hall–Kier alpha value is -5.37. The van der Waals surface area contributed by atoms with Crippen LogP contribution in [-0.4, -0.2) is 110 Å². The van der Waals surface area contributed by atoms with E-state index in [4.69, 9.17) is 16.6 Å². The summed E-state index contributed by atoms with van der Waals surface area (Å²) in [6.07, 6.45) is 8.22. The molecular weight excluding hydrogens is 790 g/mol. The maximum absolute atomic E-state index is 13.4. The number of hydrogen-bond donors (Lipinski definition) is 2. The summed E-state index contributed by atoms with van der Waals surface area (Å²) >= 11 is 6.60. The van der Waals surface area contributed by atoms with Crippen molar-refractivity contribution in [2.45, 2.75) is 69.4 Å². The number of imidazole rings is 1. The van der Waals surface area contributed by atoms with Crippen LogP contribution in [0.5, 0.6) is 0 Å². The van der Waals surface area contributed by atoms with E-state index in [1.165, 1.54) is 5.56 Å².